The van der Waals surface area contributed by atoms with Gasteiger partial charge in [-0.15, -0.1) is 0 Å². The van der Waals surface area contributed by atoms with Crippen LogP contribution in [-0.2, 0) is 16.6 Å². The lowest BCUT2D eigenvalue weighted by molar-refractivity contribution is 0.102. The van der Waals surface area contributed by atoms with E-state index in [1.165, 1.54) is 28.6 Å². The molecule has 1 aromatic heterocycles. The lowest BCUT2D eigenvalue weighted by Gasteiger charge is -2.25. The Labute approximate surface area is 196 Å². The van der Waals surface area contributed by atoms with Crippen molar-refractivity contribution in [1.29, 1.82) is 0 Å². The van der Waals surface area contributed by atoms with Gasteiger partial charge in [-0.3, -0.25) is 14.4 Å². The van der Waals surface area contributed by atoms with Crippen molar-refractivity contribution in [3.8, 4) is 0 Å². The number of sulfonamides is 1. The van der Waals surface area contributed by atoms with Crippen LogP contribution in [0.2, 0.25) is 5.02 Å². The highest BCUT2D eigenvalue weighted by Gasteiger charge is 2.27. The average molecular weight is 482 g/mol. The molecular weight excluding hydrogens is 462 g/mol. The lowest BCUT2D eigenvalue weighted by atomic mass is 10.2. The molecule has 0 saturated heterocycles. The molecule has 3 aromatic carbocycles. The van der Waals surface area contributed by atoms with E-state index >= 15 is 0 Å². The number of hydrogen-bond acceptors (Lipinski definition) is 5. The van der Waals surface area contributed by atoms with E-state index in [0.717, 1.165) is 5.56 Å². The van der Waals surface area contributed by atoms with Crippen LogP contribution in [0.5, 0.6) is 0 Å². The first kappa shape index (κ1) is 22.6. The van der Waals surface area contributed by atoms with Crippen molar-refractivity contribution in [3.05, 3.63) is 107 Å². The second-order valence-corrected chi connectivity index (χ2v) is 9.53. The molecule has 0 spiro atoms. The van der Waals surface area contributed by atoms with Gasteiger partial charge in [-0.2, -0.15) is 0 Å². The third-order valence-corrected chi connectivity index (χ3v) is 6.91. The topological polar surface area (TPSA) is 92.5 Å². The zero-order valence-corrected chi connectivity index (χ0v) is 19.2. The summed E-state index contributed by atoms with van der Waals surface area (Å²) in [4.78, 5) is 12.6. The van der Waals surface area contributed by atoms with Gasteiger partial charge in [0.05, 0.1) is 27.8 Å². The molecule has 7 nitrogen and oxygen atoms in total. The van der Waals surface area contributed by atoms with Gasteiger partial charge in [-0.05, 0) is 42.8 Å². The molecule has 0 radical (unpaired) electrons. The monoisotopic (exact) mass is 481 g/mol. The molecule has 4 aromatic rings. The molecule has 0 bridgehead atoms. The Morgan fingerprint density at radius 3 is 2.42 bits per heavy atom. The zero-order valence-electron chi connectivity index (χ0n) is 17.6. The molecule has 0 unspecified atom stereocenters. The minimum Gasteiger partial charge on any atom is -0.338 e. The number of nitrogens with zero attached hydrogens (tertiary/aromatic N) is 2. The third kappa shape index (κ3) is 5.08. The van der Waals surface area contributed by atoms with Crippen molar-refractivity contribution in [2.45, 2.75) is 18.4 Å². The molecule has 0 fully saturated rings. The Kier molecular flexibility index (Phi) is 6.48. The number of carbonyl (C=O) groups is 1. The highest BCUT2D eigenvalue weighted by atomic mass is 35.5. The zero-order chi connectivity index (χ0) is 23.4. The van der Waals surface area contributed by atoms with E-state index in [4.69, 9.17) is 16.1 Å². The van der Waals surface area contributed by atoms with Crippen LogP contribution in [0.4, 0.5) is 11.6 Å². The van der Waals surface area contributed by atoms with Crippen molar-refractivity contribution < 1.29 is 17.7 Å². The summed E-state index contributed by atoms with van der Waals surface area (Å²) in [5.41, 5.74) is 1.90. The van der Waals surface area contributed by atoms with Crippen LogP contribution < -0.4 is 9.62 Å². The second kappa shape index (κ2) is 9.48. The molecule has 1 heterocycles. The molecule has 0 aliphatic rings. The maximum absolute atomic E-state index is 13.7. The summed E-state index contributed by atoms with van der Waals surface area (Å²) in [5.74, 6) is -0.344. The highest BCUT2D eigenvalue weighted by Crippen LogP contribution is 2.32. The quantitative estimate of drug-likeness (QED) is 0.387. The number of rotatable bonds is 7. The Morgan fingerprint density at radius 1 is 1.00 bits per heavy atom. The van der Waals surface area contributed by atoms with Gasteiger partial charge in [0.25, 0.3) is 15.9 Å². The van der Waals surface area contributed by atoms with Gasteiger partial charge < -0.3 is 4.52 Å². The maximum Gasteiger partial charge on any atom is 0.264 e. The Hall–Kier alpha value is -3.62. The average Bonchev–Trinajstić information content (AvgIpc) is 3.23. The molecule has 9 heteroatoms. The molecule has 1 amide bonds. The number of amides is 1. The second-order valence-electron chi connectivity index (χ2n) is 7.26. The fraction of sp³-hybridized carbons (Fsp3) is 0.0833. The summed E-state index contributed by atoms with van der Waals surface area (Å²) in [7, 11) is -4.07. The van der Waals surface area contributed by atoms with Crippen LogP contribution in [0.3, 0.4) is 0 Å². The fourth-order valence-corrected chi connectivity index (χ4v) is 5.04. The lowest BCUT2D eigenvalue weighted by Crippen LogP contribution is -2.31. The number of carbonyl (C=O) groups excluding carboxylic acids is 1. The molecule has 33 heavy (non-hydrogen) atoms. The van der Waals surface area contributed by atoms with Gasteiger partial charge in [0.1, 0.15) is 0 Å². The number of benzene rings is 3. The van der Waals surface area contributed by atoms with E-state index in [1.54, 1.807) is 37.3 Å². The highest BCUT2D eigenvalue weighted by molar-refractivity contribution is 7.92. The van der Waals surface area contributed by atoms with Gasteiger partial charge in [0, 0.05) is 11.6 Å². The van der Waals surface area contributed by atoms with E-state index in [9.17, 15) is 13.2 Å². The van der Waals surface area contributed by atoms with E-state index < -0.39 is 15.9 Å². The van der Waals surface area contributed by atoms with Gasteiger partial charge >= 0.3 is 0 Å². The van der Waals surface area contributed by atoms with Gasteiger partial charge in [-0.25, -0.2) is 8.42 Å². The number of halogens is 1. The largest absolute Gasteiger partial charge is 0.338 e. The van der Waals surface area contributed by atoms with Crippen molar-refractivity contribution in [1.82, 2.24) is 5.16 Å². The number of anilines is 2. The van der Waals surface area contributed by atoms with Gasteiger partial charge in [0.15, 0.2) is 0 Å². The Balaban J connectivity index is 1.71. The molecule has 0 saturated carbocycles. The first-order chi connectivity index (χ1) is 15.8. The molecule has 0 aliphatic carbocycles. The maximum atomic E-state index is 13.7. The van der Waals surface area contributed by atoms with Crippen molar-refractivity contribution in [3.63, 3.8) is 0 Å². The van der Waals surface area contributed by atoms with Crippen molar-refractivity contribution >= 4 is 39.1 Å². The smallest absolute Gasteiger partial charge is 0.264 e. The van der Waals surface area contributed by atoms with E-state index in [1.807, 2.05) is 30.3 Å². The van der Waals surface area contributed by atoms with Crippen LogP contribution in [0, 0.1) is 6.92 Å². The molecule has 4 rings (SSSR count). The van der Waals surface area contributed by atoms with Crippen molar-refractivity contribution in [2.24, 2.45) is 0 Å². The fourth-order valence-electron chi connectivity index (χ4n) is 3.23. The number of aromatic nitrogens is 1. The Bertz CT molecular complexity index is 1390. The summed E-state index contributed by atoms with van der Waals surface area (Å²) in [6.45, 7) is 1.79. The number of aryl methyl sites for hydroxylation is 1. The summed E-state index contributed by atoms with van der Waals surface area (Å²) in [5, 5.41) is 6.59. The summed E-state index contributed by atoms with van der Waals surface area (Å²) < 4.78 is 33.7. The summed E-state index contributed by atoms with van der Waals surface area (Å²) in [6, 6.07) is 23.3. The minimum absolute atomic E-state index is 0.0419. The summed E-state index contributed by atoms with van der Waals surface area (Å²) >= 11 is 6.37. The van der Waals surface area contributed by atoms with Crippen LogP contribution in [0.25, 0.3) is 0 Å². The number of para-hydroxylation sites is 1. The Morgan fingerprint density at radius 2 is 1.73 bits per heavy atom. The SMILES string of the molecule is Cc1cc(NC(=O)c2cccc(S(=O)(=O)N(Cc3ccccc3)c3ccccc3Cl)c2)on1. The molecule has 0 atom stereocenters. The van der Waals surface area contributed by atoms with E-state index in [0.29, 0.717) is 16.4 Å². The standard InChI is InChI=1S/C24H20ClN3O4S/c1-17-14-23(32-27-17)26-24(29)19-10-7-11-20(15-19)33(30,31)28(16-18-8-3-2-4-9-18)22-13-6-5-12-21(22)25/h2-15H,16H2,1H3,(H,26,29). The van der Waals surface area contributed by atoms with Crippen LogP contribution >= 0.6 is 11.6 Å². The summed E-state index contributed by atoms with van der Waals surface area (Å²) in [6.07, 6.45) is 0. The molecule has 1 N–H and O–H groups in total. The first-order valence-corrected chi connectivity index (χ1v) is 11.8. The molecule has 0 aliphatic heterocycles. The third-order valence-electron chi connectivity index (χ3n) is 4.84. The predicted molar refractivity (Wildman–Crippen MR) is 127 cm³/mol. The number of nitrogens with one attached hydrogen (secondary N) is 1. The number of hydrogen-bond donors (Lipinski definition) is 1. The molecular formula is C24H20ClN3O4S. The van der Waals surface area contributed by atoms with E-state index in [-0.39, 0.29) is 22.9 Å². The van der Waals surface area contributed by atoms with Crippen LogP contribution in [0.1, 0.15) is 21.6 Å². The first-order valence-electron chi connectivity index (χ1n) is 10.0. The van der Waals surface area contributed by atoms with Crippen LogP contribution in [0.15, 0.2) is 94.3 Å². The predicted octanol–water partition coefficient (Wildman–Crippen LogP) is 5.28. The van der Waals surface area contributed by atoms with E-state index in [2.05, 4.69) is 10.5 Å². The van der Waals surface area contributed by atoms with Crippen molar-refractivity contribution in [2.75, 3.05) is 9.62 Å². The minimum atomic E-state index is -4.07. The van der Waals surface area contributed by atoms with Crippen LogP contribution in [-0.4, -0.2) is 19.5 Å². The van der Waals surface area contributed by atoms with Gasteiger partial charge in [0.2, 0.25) is 5.88 Å². The molecule has 168 valence electrons. The normalized spacial score (nSPS) is 11.2. The van der Waals surface area contributed by atoms with Gasteiger partial charge in [-0.1, -0.05) is 65.3 Å².